The summed E-state index contributed by atoms with van der Waals surface area (Å²) in [5, 5.41) is 10.8. The number of halogens is 2. The van der Waals surface area contributed by atoms with Gasteiger partial charge in [-0.25, -0.2) is 8.78 Å². The summed E-state index contributed by atoms with van der Waals surface area (Å²) in [6.45, 7) is 8.91. The largest absolute Gasteiger partial charge is 0.461 e. The van der Waals surface area contributed by atoms with E-state index in [0.29, 0.717) is 36.4 Å². The van der Waals surface area contributed by atoms with Gasteiger partial charge in [0.2, 0.25) is 0 Å². The van der Waals surface area contributed by atoms with Crippen LogP contribution in [-0.2, 0) is 15.9 Å². The van der Waals surface area contributed by atoms with E-state index in [1.807, 2.05) is 0 Å². The lowest BCUT2D eigenvalue weighted by molar-refractivity contribution is -0.225. The van der Waals surface area contributed by atoms with Crippen molar-refractivity contribution in [3.63, 3.8) is 0 Å². The predicted octanol–water partition coefficient (Wildman–Crippen LogP) is 4.61. The molecule has 0 amide bonds. The highest BCUT2D eigenvalue weighted by Gasteiger charge is 2.58. The third-order valence-corrected chi connectivity index (χ3v) is 8.57. The Morgan fingerprint density at radius 2 is 1.85 bits per heavy atom. The fourth-order valence-corrected chi connectivity index (χ4v) is 5.04. The van der Waals surface area contributed by atoms with Gasteiger partial charge in [0.25, 0.3) is 0 Å². The van der Waals surface area contributed by atoms with Crippen molar-refractivity contribution in [2.75, 3.05) is 26.6 Å². The first-order chi connectivity index (χ1) is 15.9. The molecule has 184 valence electrons. The Balaban J connectivity index is 1.49. The zero-order valence-corrected chi connectivity index (χ0v) is 21.0. The number of carbonyl (C=O) groups is 1. The quantitative estimate of drug-likeness (QED) is 0.330. The lowest BCUT2D eigenvalue weighted by atomic mass is 9.62. The molecule has 6 nitrogen and oxygen atoms in total. The molecule has 1 fully saturated rings. The van der Waals surface area contributed by atoms with E-state index in [9.17, 15) is 18.7 Å². The number of benzene rings is 1. The van der Waals surface area contributed by atoms with Crippen molar-refractivity contribution >= 4 is 13.9 Å². The number of aliphatic hydroxyl groups is 1. The van der Waals surface area contributed by atoms with E-state index in [4.69, 9.17) is 14.2 Å². The van der Waals surface area contributed by atoms with Crippen molar-refractivity contribution in [1.29, 1.82) is 0 Å². The number of rotatable bonds is 8. The molecule has 2 heterocycles. The summed E-state index contributed by atoms with van der Waals surface area (Å²) in [4.78, 5) is 17.7. The Morgan fingerprint density at radius 3 is 2.44 bits per heavy atom. The zero-order chi connectivity index (χ0) is 24.7. The molecule has 1 aliphatic heterocycles. The second-order valence-corrected chi connectivity index (χ2v) is 16.2. The minimum absolute atomic E-state index is 0.131. The molecule has 1 atom stereocenters. The van der Waals surface area contributed by atoms with Crippen LogP contribution in [0.25, 0.3) is 11.3 Å². The molecule has 2 aromatic rings. The Bertz CT molecular complexity index is 1080. The van der Waals surface area contributed by atoms with Crippen molar-refractivity contribution in [3.05, 3.63) is 47.2 Å². The molecule has 1 aliphatic carbocycles. The molecule has 0 saturated carbocycles. The standard InChI is InChI=1S/C25H31F2NO5Si/c1-24(25(30)13-32-14-25)8-7-21-17(23(24)29)5-6-20(28-21)16-11-18(26)22(19(27)12-16)33-15-31-9-10-34(2,3)4/h5-6,11-12,30H,7-10,13-15H2,1-4H3. The van der Waals surface area contributed by atoms with E-state index in [1.165, 1.54) is 12.1 Å². The van der Waals surface area contributed by atoms with Crippen molar-refractivity contribution in [2.24, 2.45) is 5.41 Å². The first-order valence-corrected chi connectivity index (χ1v) is 15.2. The minimum atomic E-state index is -1.26. The molecule has 1 aromatic carbocycles. The van der Waals surface area contributed by atoms with Gasteiger partial charge in [-0.05, 0) is 50.1 Å². The Labute approximate surface area is 199 Å². The van der Waals surface area contributed by atoms with Gasteiger partial charge in [0, 0.05) is 25.8 Å². The molecule has 1 saturated heterocycles. The van der Waals surface area contributed by atoms with Gasteiger partial charge in [-0.1, -0.05) is 19.6 Å². The van der Waals surface area contributed by atoms with E-state index < -0.39 is 36.5 Å². The van der Waals surface area contributed by atoms with Gasteiger partial charge in [-0.2, -0.15) is 0 Å². The molecule has 0 radical (unpaired) electrons. The van der Waals surface area contributed by atoms with Gasteiger partial charge >= 0.3 is 0 Å². The highest BCUT2D eigenvalue weighted by Crippen LogP contribution is 2.46. The van der Waals surface area contributed by atoms with Gasteiger partial charge in [0.05, 0.1) is 30.0 Å². The maximum absolute atomic E-state index is 14.6. The average Bonchev–Trinajstić information content (AvgIpc) is 2.75. The van der Waals surface area contributed by atoms with Crippen LogP contribution in [0.4, 0.5) is 8.78 Å². The van der Waals surface area contributed by atoms with Gasteiger partial charge in [-0.3, -0.25) is 9.78 Å². The summed E-state index contributed by atoms with van der Waals surface area (Å²) >= 11 is 0. The van der Waals surface area contributed by atoms with Crippen LogP contribution < -0.4 is 4.74 Å². The SMILES string of the molecule is CC1(C2(O)COC2)CCc2nc(-c3cc(F)c(OCOCC[Si](C)(C)C)c(F)c3)ccc2C1=O. The van der Waals surface area contributed by atoms with Gasteiger partial charge < -0.3 is 19.3 Å². The predicted molar refractivity (Wildman–Crippen MR) is 126 cm³/mol. The fraction of sp³-hybridized carbons (Fsp3) is 0.520. The number of ether oxygens (including phenoxy) is 3. The zero-order valence-electron chi connectivity index (χ0n) is 20.0. The van der Waals surface area contributed by atoms with Crippen LogP contribution in [0.2, 0.25) is 25.7 Å². The van der Waals surface area contributed by atoms with E-state index in [-0.39, 0.29) is 31.4 Å². The smallest absolute Gasteiger partial charge is 0.193 e. The molecular weight excluding hydrogens is 460 g/mol. The number of aromatic nitrogens is 1. The summed E-state index contributed by atoms with van der Waals surface area (Å²) in [5.74, 6) is -2.37. The molecule has 0 bridgehead atoms. The molecule has 9 heteroatoms. The van der Waals surface area contributed by atoms with Crippen LogP contribution >= 0.6 is 0 Å². The van der Waals surface area contributed by atoms with Crippen molar-refractivity contribution < 1.29 is 32.9 Å². The highest BCUT2D eigenvalue weighted by molar-refractivity contribution is 6.76. The van der Waals surface area contributed by atoms with Crippen LogP contribution in [0.1, 0.15) is 29.4 Å². The van der Waals surface area contributed by atoms with Crippen LogP contribution in [0, 0.1) is 17.0 Å². The molecule has 2 aliphatic rings. The first-order valence-electron chi connectivity index (χ1n) is 11.5. The average molecular weight is 492 g/mol. The monoisotopic (exact) mass is 491 g/mol. The Kier molecular flexibility index (Phi) is 6.67. The number of aryl methyl sites for hydroxylation is 1. The number of hydrogen-bond acceptors (Lipinski definition) is 6. The van der Waals surface area contributed by atoms with Crippen molar-refractivity contribution in [1.82, 2.24) is 4.98 Å². The summed E-state index contributed by atoms with van der Waals surface area (Å²) in [7, 11) is -1.26. The summed E-state index contributed by atoms with van der Waals surface area (Å²) in [5.41, 5.74) is -0.542. The van der Waals surface area contributed by atoms with Crippen molar-refractivity contribution in [2.45, 2.75) is 51.1 Å². The van der Waals surface area contributed by atoms with Crippen LogP contribution in [0.3, 0.4) is 0 Å². The summed E-state index contributed by atoms with van der Waals surface area (Å²) in [6, 6.07) is 6.45. The maximum Gasteiger partial charge on any atom is 0.193 e. The van der Waals surface area contributed by atoms with Gasteiger partial charge in [0.1, 0.15) is 5.60 Å². The van der Waals surface area contributed by atoms with Crippen LogP contribution in [0.5, 0.6) is 5.75 Å². The molecule has 1 N–H and O–H groups in total. The molecular formula is C25H31F2NO5Si. The third-order valence-electron chi connectivity index (χ3n) is 6.87. The molecule has 4 rings (SSSR count). The maximum atomic E-state index is 14.6. The summed E-state index contributed by atoms with van der Waals surface area (Å²) in [6.07, 6.45) is 0.886. The van der Waals surface area contributed by atoms with E-state index in [0.717, 1.165) is 6.04 Å². The second-order valence-electron chi connectivity index (χ2n) is 10.6. The Morgan fingerprint density at radius 1 is 1.18 bits per heavy atom. The topological polar surface area (TPSA) is 77.9 Å². The van der Waals surface area contributed by atoms with E-state index in [1.54, 1.807) is 19.1 Å². The van der Waals surface area contributed by atoms with Crippen molar-refractivity contribution in [3.8, 4) is 17.0 Å². The van der Waals surface area contributed by atoms with Crippen LogP contribution in [0.15, 0.2) is 24.3 Å². The third kappa shape index (κ3) is 4.66. The second kappa shape index (κ2) is 9.11. The fourth-order valence-electron chi connectivity index (χ4n) is 4.28. The molecule has 1 unspecified atom stereocenters. The number of carbonyl (C=O) groups excluding carboxylic acids is 1. The van der Waals surface area contributed by atoms with Gasteiger partial charge in [-0.15, -0.1) is 0 Å². The first kappa shape index (κ1) is 24.9. The van der Waals surface area contributed by atoms with Crippen LogP contribution in [-0.4, -0.2) is 56.2 Å². The Hall–Kier alpha value is -2.20. The number of fused-ring (bicyclic) bond motifs is 1. The lowest BCUT2D eigenvalue weighted by Gasteiger charge is -2.50. The number of nitrogens with zero attached hydrogens (tertiary/aromatic N) is 1. The normalized spacial score (nSPS) is 21.7. The van der Waals surface area contributed by atoms with E-state index >= 15 is 0 Å². The molecule has 34 heavy (non-hydrogen) atoms. The number of hydrogen-bond donors (Lipinski definition) is 1. The van der Waals surface area contributed by atoms with E-state index in [2.05, 4.69) is 24.6 Å². The lowest BCUT2D eigenvalue weighted by Crippen LogP contribution is -2.64. The molecule has 1 aromatic heterocycles. The minimum Gasteiger partial charge on any atom is -0.461 e. The summed E-state index contributed by atoms with van der Waals surface area (Å²) < 4.78 is 45.0. The highest BCUT2D eigenvalue weighted by atomic mass is 28.3. The number of Topliss-reactive ketones (excluding diaryl/α,β-unsaturated/α-hetero) is 1. The van der Waals surface area contributed by atoms with Gasteiger partial charge in [0.15, 0.2) is 30.0 Å². The molecule has 0 spiro atoms. The number of ketones is 1. The number of pyridine rings is 1.